The average molecular weight is 324 g/mol. The molecule has 0 aliphatic rings. The molecule has 0 aliphatic carbocycles. The number of anilines is 1. The number of nitrogens with zero attached hydrogens (tertiary/aromatic N) is 4. The number of tetrazole rings is 1. The predicted molar refractivity (Wildman–Crippen MR) is 83.2 cm³/mol. The number of hydrogen-bond acceptors (Lipinski definition) is 5. The van der Waals surface area contributed by atoms with Crippen LogP contribution in [0, 0.1) is 23.0 Å². The number of hydrogen-bond donors (Lipinski definition) is 2. The Hall–Kier alpha value is -3.60. The minimum Gasteiger partial charge on any atom is -0.360 e. The molecular formula is C16H10F2N6. The van der Waals surface area contributed by atoms with Crippen molar-refractivity contribution < 1.29 is 8.78 Å². The minimum absolute atomic E-state index is 0.178. The van der Waals surface area contributed by atoms with E-state index in [9.17, 15) is 8.78 Å². The van der Waals surface area contributed by atoms with Crippen LogP contribution < -0.4 is 5.32 Å². The first-order valence-electron chi connectivity index (χ1n) is 6.83. The highest BCUT2D eigenvalue weighted by Gasteiger charge is 2.06. The average Bonchev–Trinajstić information content (AvgIpc) is 3.09. The van der Waals surface area contributed by atoms with Crippen molar-refractivity contribution >= 4 is 11.3 Å². The summed E-state index contributed by atoms with van der Waals surface area (Å²) in [4.78, 5) is 0. The van der Waals surface area contributed by atoms with Gasteiger partial charge in [0.15, 0.2) is 0 Å². The lowest BCUT2D eigenvalue weighted by Gasteiger charge is -2.05. The molecular weight excluding hydrogens is 314 g/mol. The molecule has 6 nitrogen and oxygen atoms in total. The first-order chi connectivity index (χ1) is 11.7. The first-order valence-corrected chi connectivity index (χ1v) is 6.83. The van der Waals surface area contributed by atoms with Crippen molar-refractivity contribution in [2.45, 2.75) is 0 Å². The SMILES string of the molecule is N#CC(=CNc1ccc(-c2cc(F)cc(F)c2)cc1)c1nn[nH]n1. The highest BCUT2D eigenvalue weighted by molar-refractivity contribution is 5.74. The van der Waals surface area contributed by atoms with E-state index in [0.717, 1.165) is 6.07 Å². The van der Waals surface area contributed by atoms with Gasteiger partial charge < -0.3 is 5.32 Å². The summed E-state index contributed by atoms with van der Waals surface area (Å²) in [6, 6.07) is 12.2. The fraction of sp³-hybridized carbons (Fsp3) is 0. The van der Waals surface area contributed by atoms with Gasteiger partial charge in [-0.05, 0) is 40.6 Å². The van der Waals surface area contributed by atoms with Crippen molar-refractivity contribution in [1.82, 2.24) is 20.6 Å². The van der Waals surface area contributed by atoms with Gasteiger partial charge in [0.2, 0.25) is 5.82 Å². The monoisotopic (exact) mass is 324 g/mol. The van der Waals surface area contributed by atoms with Crippen LogP contribution in [0.1, 0.15) is 5.82 Å². The lowest BCUT2D eigenvalue weighted by atomic mass is 10.1. The topological polar surface area (TPSA) is 90.3 Å². The Bertz CT molecular complexity index is 890. The molecule has 3 aromatic rings. The molecule has 0 amide bonds. The maximum atomic E-state index is 13.3. The molecule has 0 saturated heterocycles. The predicted octanol–water partition coefficient (Wildman–Crippen LogP) is 3.12. The molecule has 0 aliphatic heterocycles. The molecule has 3 rings (SSSR count). The van der Waals surface area contributed by atoms with Crippen molar-refractivity contribution in [3.63, 3.8) is 0 Å². The summed E-state index contributed by atoms with van der Waals surface area (Å²) in [5.74, 6) is -1.08. The molecule has 1 aromatic heterocycles. The highest BCUT2D eigenvalue weighted by Crippen LogP contribution is 2.23. The molecule has 2 aromatic carbocycles. The van der Waals surface area contributed by atoms with E-state index in [1.54, 1.807) is 24.3 Å². The van der Waals surface area contributed by atoms with E-state index in [2.05, 4.69) is 25.9 Å². The van der Waals surface area contributed by atoms with Crippen molar-refractivity contribution in [2.24, 2.45) is 0 Å². The summed E-state index contributed by atoms with van der Waals surface area (Å²) >= 11 is 0. The number of H-pyrrole nitrogens is 1. The quantitative estimate of drug-likeness (QED) is 0.720. The molecule has 2 N–H and O–H groups in total. The number of nitriles is 1. The van der Waals surface area contributed by atoms with Crippen LogP contribution in [0.15, 0.2) is 48.7 Å². The summed E-state index contributed by atoms with van der Waals surface area (Å²) in [7, 11) is 0. The van der Waals surface area contributed by atoms with Crippen LogP contribution in [0.5, 0.6) is 0 Å². The van der Waals surface area contributed by atoms with E-state index in [4.69, 9.17) is 5.26 Å². The maximum Gasteiger partial charge on any atom is 0.216 e. The highest BCUT2D eigenvalue weighted by atomic mass is 19.1. The molecule has 0 unspecified atom stereocenters. The molecule has 118 valence electrons. The smallest absolute Gasteiger partial charge is 0.216 e. The summed E-state index contributed by atoms with van der Waals surface area (Å²) < 4.78 is 26.5. The third-order valence-electron chi connectivity index (χ3n) is 3.17. The maximum absolute atomic E-state index is 13.3. The summed E-state index contributed by atoms with van der Waals surface area (Å²) in [6.07, 6.45) is 1.45. The van der Waals surface area contributed by atoms with Gasteiger partial charge in [-0.2, -0.15) is 10.5 Å². The molecule has 0 saturated carbocycles. The van der Waals surface area contributed by atoms with Gasteiger partial charge in [0.1, 0.15) is 23.3 Å². The van der Waals surface area contributed by atoms with Crippen LogP contribution in [0.25, 0.3) is 16.7 Å². The molecule has 8 heteroatoms. The number of aromatic nitrogens is 4. The van der Waals surface area contributed by atoms with Gasteiger partial charge in [-0.25, -0.2) is 8.78 Å². The zero-order valence-electron chi connectivity index (χ0n) is 12.2. The van der Waals surface area contributed by atoms with Crippen LogP contribution >= 0.6 is 0 Å². The van der Waals surface area contributed by atoms with E-state index in [0.29, 0.717) is 16.8 Å². The number of benzene rings is 2. The molecule has 0 radical (unpaired) electrons. The number of nitrogens with one attached hydrogen (secondary N) is 2. The van der Waals surface area contributed by atoms with Crippen LogP contribution in [0.4, 0.5) is 14.5 Å². The van der Waals surface area contributed by atoms with Gasteiger partial charge in [-0.15, -0.1) is 10.2 Å². The third kappa shape index (κ3) is 3.41. The van der Waals surface area contributed by atoms with Gasteiger partial charge >= 0.3 is 0 Å². The summed E-state index contributed by atoms with van der Waals surface area (Å²) in [5, 5.41) is 25.1. The number of allylic oxidation sites excluding steroid dienone is 1. The molecule has 0 bridgehead atoms. The first kappa shape index (κ1) is 15.3. The Balaban J connectivity index is 1.79. The largest absolute Gasteiger partial charge is 0.360 e. The van der Waals surface area contributed by atoms with Crippen LogP contribution in [-0.2, 0) is 0 Å². The number of rotatable bonds is 4. The van der Waals surface area contributed by atoms with Crippen LogP contribution in [0.2, 0.25) is 0 Å². The summed E-state index contributed by atoms with van der Waals surface area (Å²) in [6.45, 7) is 0. The van der Waals surface area contributed by atoms with E-state index >= 15 is 0 Å². The normalized spacial score (nSPS) is 11.1. The second kappa shape index (κ2) is 6.66. The Morgan fingerprint density at radius 3 is 2.38 bits per heavy atom. The van der Waals surface area contributed by atoms with Gasteiger partial charge in [0.05, 0.1) is 0 Å². The van der Waals surface area contributed by atoms with Crippen molar-refractivity contribution in [1.29, 1.82) is 5.26 Å². The number of halogens is 2. The minimum atomic E-state index is -0.631. The Morgan fingerprint density at radius 1 is 1.08 bits per heavy atom. The van der Waals surface area contributed by atoms with Gasteiger partial charge in [-0.3, -0.25) is 0 Å². The lowest BCUT2D eigenvalue weighted by Crippen LogP contribution is -1.93. The Kier molecular flexibility index (Phi) is 4.25. The third-order valence-corrected chi connectivity index (χ3v) is 3.17. The van der Waals surface area contributed by atoms with Gasteiger partial charge in [-0.1, -0.05) is 12.1 Å². The second-order valence-electron chi connectivity index (χ2n) is 4.79. The van der Waals surface area contributed by atoms with Crippen LogP contribution in [-0.4, -0.2) is 20.6 Å². The lowest BCUT2D eigenvalue weighted by molar-refractivity contribution is 0.584. The fourth-order valence-electron chi connectivity index (χ4n) is 2.06. The van der Waals surface area contributed by atoms with E-state index in [1.165, 1.54) is 18.3 Å². The molecule has 0 atom stereocenters. The Labute approximate surface area is 135 Å². The van der Waals surface area contributed by atoms with E-state index < -0.39 is 11.6 Å². The Morgan fingerprint density at radius 2 is 1.79 bits per heavy atom. The number of aromatic amines is 1. The molecule has 0 spiro atoms. The molecule has 1 heterocycles. The fourth-order valence-corrected chi connectivity index (χ4v) is 2.06. The van der Waals surface area contributed by atoms with E-state index in [-0.39, 0.29) is 11.4 Å². The van der Waals surface area contributed by atoms with Gasteiger partial charge in [0, 0.05) is 18.0 Å². The zero-order valence-corrected chi connectivity index (χ0v) is 12.2. The second-order valence-corrected chi connectivity index (χ2v) is 4.79. The van der Waals surface area contributed by atoms with Crippen molar-refractivity contribution in [3.05, 3.63) is 66.1 Å². The molecule has 0 fully saturated rings. The van der Waals surface area contributed by atoms with E-state index in [1.807, 2.05) is 6.07 Å². The molecule has 24 heavy (non-hydrogen) atoms. The van der Waals surface area contributed by atoms with Gasteiger partial charge in [0.25, 0.3) is 0 Å². The zero-order chi connectivity index (χ0) is 16.9. The van der Waals surface area contributed by atoms with Crippen molar-refractivity contribution in [2.75, 3.05) is 5.32 Å². The van der Waals surface area contributed by atoms with Crippen LogP contribution in [0.3, 0.4) is 0 Å². The standard InChI is InChI=1S/C16H10F2N6/c17-13-5-11(6-14(18)7-13)10-1-3-15(4-2-10)20-9-12(8-19)16-21-23-24-22-16/h1-7,9,20H,(H,21,22,23,24). The van der Waals surface area contributed by atoms with Crippen molar-refractivity contribution in [3.8, 4) is 17.2 Å². The summed E-state index contributed by atoms with van der Waals surface area (Å²) in [5.41, 5.74) is 2.01.